The van der Waals surface area contributed by atoms with Crippen LogP contribution >= 0.6 is 0 Å². The van der Waals surface area contributed by atoms with Gasteiger partial charge in [-0.3, -0.25) is 4.79 Å². The summed E-state index contributed by atoms with van der Waals surface area (Å²) in [6, 6.07) is 0. The van der Waals surface area contributed by atoms with Crippen molar-refractivity contribution in [2.75, 3.05) is 0 Å². The highest BCUT2D eigenvalue weighted by molar-refractivity contribution is 5.18. The van der Waals surface area contributed by atoms with Crippen molar-refractivity contribution in [2.45, 2.75) is 33.6 Å². The van der Waals surface area contributed by atoms with Crippen LogP contribution in [0.3, 0.4) is 0 Å². The van der Waals surface area contributed by atoms with Crippen LogP contribution < -0.4 is 5.56 Å². The van der Waals surface area contributed by atoms with Crippen LogP contribution in [0.2, 0.25) is 0 Å². The molecule has 3 heteroatoms. The molecule has 1 rings (SSSR count). The van der Waals surface area contributed by atoms with E-state index in [1.807, 2.05) is 13.8 Å². The maximum atomic E-state index is 11.3. The minimum Gasteiger partial charge on any atom is -0.311 e. The molecule has 1 aromatic rings. The van der Waals surface area contributed by atoms with Gasteiger partial charge in [-0.1, -0.05) is 13.8 Å². The Bertz CT molecular complexity index is 339. The molecule has 0 aliphatic carbocycles. The summed E-state index contributed by atoms with van der Waals surface area (Å²) >= 11 is 0. The van der Waals surface area contributed by atoms with Gasteiger partial charge in [0.1, 0.15) is 5.82 Å². The number of H-pyrrole nitrogens is 1. The predicted molar refractivity (Wildman–Crippen MR) is 48.4 cm³/mol. The van der Waals surface area contributed by atoms with Crippen LogP contribution in [0, 0.1) is 13.8 Å². The zero-order valence-electron chi connectivity index (χ0n) is 7.93. The molecule has 0 saturated carbocycles. The zero-order valence-corrected chi connectivity index (χ0v) is 7.93. The summed E-state index contributed by atoms with van der Waals surface area (Å²) in [4.78, 5) is 18.2. The average Bonchev–Trinajstić information content (AvgIpc) is 1.96. The minimum absolute atomic E-state index is 0.0220. The van der Waals surface area contributed by atoms with Crippen molar-refractivity contribution in [3.05, 3.63) is 27.4 Å². The Labute approximate surface area is 71.9 Å². The first-order valence-corrected chi connectivity index (χ1v) is 4.09. The van der Waals surface area contributed by atoms with E-state index in [-0.39, 0.29) is 5.56 Å². The summed E-state index contributed by atoms with van der Waals surface area (Å²) in [5.74, 6) is 1.00. The van der Waals surface area contributed by atoms with Crippen LogP contribution in [0.15, 0.2) is 4.79 Å². The van der Waals surface area contributed by atoms with Gasteiger partial charge < -0.3 is 4.98 Å². The number of hydrogen-bond acceptors (Lipinski definition) is 2. The van der Waals surface area contributed by atoms with Gasteiger partial charge >= 0.3 is 0 Å². The fourth-order valence-electron chi connectivity index (χ4n) is 1.23. The van der Waals surface area contributed by atoms with E-state index in [9.17, 15) is 4.79 Å². The molecule has 0 radical (unpaired) electrons. The van der Waals surface area contributed by atoms with Crippen LogP contribution in [0.5, 0.6) is 0 Å². The van der Waals surface area contributed by atoms with Gasteiger partial charge in [0.15, 0.2) is 0 Å². The molecule has 66 valence electrons. The smallest absolute Gasteiger partial charge is 0.254 e. The second-order valence-corrected chi connectivity index (χ2v) is 3.32. The van der Waals surface area contributed by atoms with Gasteiger partial charge in [0.25, 0.3) is 5.56 Å². The third kappa shape index (κ3) is 1.55. The van der Waals surface area contributed by atoms with Crippen LogP contribution in [0.25, 0.3) is 0 Å². The van der Waals surface area contributed by atoms with Gasteiger partial charge in [-0.05, 0) is 19.8 Å². The Kier molecular flexibility index (Phi) is 2.31. The second-order valence-electron chi connectivity index (χ2n) is 3.32. The molecule has 1 heterocycles. The summed E-state index contributed by atoms with van der Waals surface area (Å²) in [7, 11) is 0. The Morgan fingerprint density at radius 3 is 2.42 bits per heavy atom. The molecule has 0 aromatic carbocycles. The van der Waals surface area contributed by atoms with E-state index in [4.69, 9.17) is 0 Å². The number of rotatable bonds is 1. The average molecular weight is 166 g/mol. The molecule has 0 atom stereocenters. The summed E-state index contributed by atoms with van der Waals surface area (Å²) in [6.07, 6.45) is 0. The fourth-order valence-corrected chi connectivity index (χ4v) is 1.23. The number of aromatic nitrogens is 2. The van der Waals surface area contributed by atoms with E-state index in [0.717, 1.165) is 11.3 Å². The van der Waals surface area contributed by atoms with E-state index in [0.29, 0.717) is 11.7 Å². The van der Waals surface area contributed by atoms with Crippen molar-refractivity contribution >= 4 is 0 Å². The number of nitrogens with one attached hydrogen (secondary N) is 1. The van der Waals surface area contributed by atoms with Crippen molar-refractivity contribution in [3.8, 4) is 0 Å². The molecule has 0 aliphatic rings. The van der Waals surface area contributed by atoms with Gasteiger partial charge in [-0.15, -0.1) is 0 Å². The van der Waals surface area contributed by atoms with Gasteiger partial charge in [0.05, 0.1) is 5.69 Å². The lowest BCUT2D eigenvalue weighted by molar-refractivity contribution is 0.781. The number of hydrogen-bond donors (Lipinski definition) is 1. The van der Waals surface area contributed by atoms with E-state index < -0.39 is 0 Å². The van der Waals surface area contributed by atoms with Crippen molar-refractivity contribution < 1.29 is 0 Å². The molecular formula is C9H14N2O. The Morgan fingerprint density at radius 2 is 1.92 bits per heavy atom. The molecule has 0 aliphatic heterocycles. The molecular weight excluding hydrogens is 152 g/mol. The van der Waals surface area contributed by atoms with Gasteiger partial charge in [0, 0.05) is 5.56 Å². The van der Waals surface area contributed by atoms with Crippen molar-refractivity contribution in [1.82, 2.24) is 9.97 Å². The van der Waals surface area contributed by atoms with Gasteiger partial charge in [-0.2, -0.15) is 0 Å². The van der Waals surface area contributed by atoms with Gasteiger partial charge in [-0.25, -0.2) is 4.98 Å². The van der Waals surface area contributed by atoms with E-state index in [1.54, 1.807) is 13.8 Å². The van der Waals surface area contributed by atoms with E-state index in [1.165, 1.54) is 0 Å². The first-order valence-electron chi connectivity index (χ1n) is 4.09. The van der Waals surface area contributed by atoms with E-state index >= 15 is 0 Å². The van der Waals surface area contributed by atoms with Crippen LogP contribution in [0.1, 0.15) is 36.8 Å². The Balaban J connectivity index is 3.38. The third-order valence-corrected chi connectivity index (χ3v) is 1.85. The summed E-state index contributed by atoms with van der Waals surface area (Å²) in [5, 5.41) is 0. The van der Waals surface area contributed by atoms with Crippen molar-refractivity contribution in [2.24, 2.45) is 0 Å². The molecule has 0 amide bonds. The summed E-state index contributed by atoms with van der Waals surface area (Å²) in [5.41, 5.74) is 1.61. The predicted octanol–water partition coefficient (Wildman–Crippen LogP) is 1.51. The lowest BCUT2D eigenvalue weighted by Crippen LogP contribution is -2.16. The largest absolute Gasteiger partial charge is 0.311 e. The zero-order chi connectivity index (χ0) is 9.30. The third-order valence-electron chi connectivity index (χ3n) is 1.85. The number of aryl methyl sites for hydroxylation is 1. The quantitative estimate of drug-likeness (QED) is 0.687. The topological polar surface area (TPSA) is 45.8 Å². The van der Waals surface area contributed by atoms with Gasteiger partial charge in [0.2, 0.25) is 0 Å². The molecule has 0 unspecified atom stereocenters. The highest BCUT2D eigenvalue weighted by atomic mass is 16.1. The lowest BCUT2D eigenvalue weighted by atomic mass is 10.1. The molecule has 1 aromatic heterocycles. The lowest BCUT2D eigenvalue weighted by Gasteiger charge is -2.07. The Hall–Kier alpha value is -1.12. The number of aromatic amines is 1. The van der Waals surface area contributed by atoms with Crippen LogP contribution in [-0.2, 0) is 0 Å². The first kappa shape index (κ1) is 8.97. The fraction of sp³-hybridized carbons (Fsp3) is 0.556. The number of nitrogens with zero attached hydrogens (tertiary/aromatic N) is 1. The molecule has 12 heavy (non-hydrogen) atoms. The second kappa shape index (κ2) is 3.09. The van der Waals surface area contributed by atoms with Crippen LogP contribution in [-0.4, -0.2) is 9.97 Å². The molecule has 3 nitrogen and oxygen atoms in total. The molecule has 1 N–H and O–H groups in total. The standard InChI is InChI=1S/C9H14N2O/c1-5(2)8-6(3)9(12)11-7(4)10-8/h5H,1-4H3,(H,10,11,12). The van der Waals surface area contributed by atoms with Crippen LogP contribution in [0.4, 0.5) is 0 Å². The maximum Gasteiger partial charge on any atom is 0.254 e. The minimum atomic E-state index is -0.0220. The highest BCUT2D eigenvalue weighted by Crippen LogP contribution is 2.12. The summed E-state index contributed by atoms with van der Waals surface area (Å²) < 4.78 is 0. The SMILES string of the molecule is Cc1nc(C(C)C)c(C)c(=O)[nH]1. The summed E-state index contributed by atoms with van der Waals surface area (Å²) in [6.45, 7) is 7.68. The molecule has 0 saturated heterocycles. The highest BCUT2D eigenvalue weighted by Gasteiger charge is 2.08. The first-order chi connectivity index (χ1) is 5.52. The van der Waals surface area contributed by atoms with E-state index in [2.05, 4.69) is 9.97 Å². The Morgan fingerprint density at radius 1 is 1.33 bits per heavy atom. The molecule has 0 fully saturated rings. The molecule has 0 bridgehead atoms. The normalized spacial score (nSPS) is 10.8. The monoisotopic (exact) mass is 166 g/mol. The van der Waals surface area contributed by atoms with Crippen molar-refractivity contribution in [1.29, 1.82) is 0 Å². The molecule has 0 spiro atoms. The maximum absolute atomic E-state index is 11.3. The van der Waals surface area contributed by atoms with Crippen molar-refractivity contribution in [3.63, 3.8) is 0 Å².